The molecule has 4 heteroatoms. The molecule has 3 saturated carbocycles. The smallest absolute Gasteiger partial charge is 0.223 e. The second-order valence-corrected chi connectivity index (χ2v) is 8.69. The van der Waals surface area contributed by atoms with E-state index in [4.69, 9.17) is 5.73 Å². The Morgan fingerprint density at radius 2 is 1.91 bits per heavy atom. The van der Waals surface area contributed by atoms with Crippen LogP contribution in [0.3, 0.4) is 0 Å². The van der Waals surface area contributed by atoms with Gasteiger partial charge in [0.25, 0.3) is 0 Å². The van der Waals surface area contributed by atoms with Crippen molar-refractivity contribution in [3.05, 3.63) is 34.3 Å². The largest absolute Gasteiger partial charge is 0.346 e. The highest BCUT2D eigenvalue weighted by atomic mass is 79.9. The summed E-state index contributed by atoms with van der Waals surface area (Å²) in [7, 11) is 0. The number of fused-ring (bicyclic) bond motifs is 2. The molecular formula is C19H25BrN2O. The molecule has 0 aromatic heterocycles. The van der Waals surface area contributed by atoms with Crippen molar-refractivity contribution >= 4 is 21.8 Å². The number of rotatable bonds is 3. The molecule has 2 unspecified atom stereocenters. The summed E-state index contributed by atoms with van der Waals surface area (Å²) < 4.78 is 1.08. The minimum atomic E-state index is -0.116. The third-order valence-corrected chi connectivity index (χ3v) is 6.77. The number of benzene rings is 1. The molecule has 3 aliphatic carbocycles. The van der Waals surface area contributed by atoms with Crippen molar-refractivity contribution in [1.29, 1.82) is 0 Å². The molecule has 0 aliphatic heterocycles. The fourth-order valence-electron chi connectivity index (χ4n) is 4.74. The summed E-state index contributed by atoms with van der Waals surface area (Å²) in [6.45, 7) is 0. The molecule has 3 aliphatic rings. The predicted octanol–water partition coefficient (Wildman–Crippen LogP) is 3.71. The molecule has 0 spiro atoms. The molecule has 0 heterocycles. The Hall–Kier alpha value is -0.870. The zero-order valence-electron chi connectivity index (χ0n) is 13.4. The minimum Gasteiger partial charge on any atom is -0.346 e. The first-order chi connectivity index (χ1) is 11.1. The average Bonchev–Trinajstić information content (AvgIpc) is 3.27. The standard InChI is InChI=1S/C19H25BrN2O/c20-16-6-2-5-15(11-16)19(7-8-19)22-18(23)14-9-12-3-1-4-13(10-14)17(12)21/h2,5-6,11-14,17H,1,3-4,7-10,21H2,(H,22,23). The lowest BCUT2D eigenvalue weighted by molar-refractivity contribution is -0.129. The van der Waals surface area contributed by atoms with Gasteiger partial charge in [-0.1, -0.05) is 34.5 Å². The molecule has 2 bridgehead atoms. The van der Waals surface area contributed by atoms with Gasteiger partial charge >= 0.3 is 0 Å². The molecule has 23 heavy (non-hydrogen) atoms. The first kappa shape index (κ1) is 15.6. The molecule has 0 radical (unpaired) electrons. The Morgan fingerprint density at radius 3 is 2.52 bits per heavy atom. The zero-order chi connectivity index (χ0) is 16.0. The Balaban J connectivity index is 1.46. The average molecular weight is 377 g/mol. The van der Waals surface area contributed by atoms with Gasteiger partial charge in [0.1, 0.15) is 0 Å². The van der Waals surface area contributed by atoms with E-state index in [1.165, 1.54) is 24.8 Å². The van der Waals surface area contributed by atoms with E-state index in [0.717, 1.165) is 30.2 Å². The summed E-state index contributed by atoms with van der Waals surface area (Å²) in [5.74, 6) is 1.53. The highest BCUT2D eigenvalue weighted by Crippen LogP contribution is 2.47. The van der Waals surface area contributed by atoms with Gasteiger partial charge in [-0.2, -0.15) is 0 Å². The van der Waals surface area contributed by atoms with Gasteiger partial charge in [0, 0.05) is 16.4 Å². The van der Waals surface area contributed by atoms with Crippen LogP contribution in [0.1, 0.15) is 50.5 Å². The molecule has 3 N–H and O–H groups in total. The van der Waals surface area contributed by atoms with E-state index >= 15 is 0 Å². The topological polar surface area (TPSA) is 55.1 Å². The summed E-state index contributed by atoms with van der Waals surface area (Å²) in [5.41, 5.74) is 7.47. The van der Waals surface area contributed by atoms with Crippen LogP contribution in [0.2, 0.25) is 0 Å². The second-order valence-electron chi connectivity index (χ2n) is 7.78. The van der Waals surface area contributed by atoms with E-state index in [-0.39, 0.29) is 17.4 Å². The molecule has 3 fully saturated rings. The van der Waals surface area contributed by atoms with Gasteiger partial charge in [-0.05, 0) is 68.1 Å². The van der Waals surface area contributed by atoms with Crippen molar-refractivity contribution in [1.82, 2.24) is 5.32 Å². The molecule has 1 aromatic carbocycles. The summed E-state index contributed by atoms with van der Waals surface area (Å²) in [5, 5.41) is 3.38. The van der Waals surface area contributed by atoms with Crippen LogP contribution < -0.4 is 11.1 Å². The number of carbonyl (C=O) groups is 1. The van der Waals surface area contributed by atoms with E-state index in [1.54, 1.807) is 0 Å². The first-order valence-electron chi connectivity index (χ1n) is 8.91. The van der Waals surface area contributed by atoms with E-state index < -0.39 is 0 Å². The Labute approximate surface area is 146 Å². The number of halogens is 1. The molecule has 124 valence electrons. The summed E-state index contributed by atoms with van der Waals surface area (Å²) in [6.07, 6.45) is 7.77. The maximum atomic E-state index is 12.9. The van der Waals surface area contributed by atoms with E-state index in [9.17, 15) is 4.79 Å². The van der Waals surface area contributed by atoms with Crippen LogP contribution in [0.4, 0.5) is 0 Å². The molecule has 1 amide bonds. The number of nitrogens with two attached hydrogens (primary N) is 1. The van der Waals surface area contributed by atoms with Crippen molar-refractivity contribution in [3.63, 3.8) is 0 Å². The normalized spacial score (nSPS) is 34.7. The molecule has 3 nitrogen and oxygen atoms in total. The summed E-state index contributed by atoms with van der Waals surface area (Å²) in [6, 6.07) is 8.68. The van der Waals surface area contributed by atoms with Crippen LogP contribution in [-0.4, -0.2) is 11.9 Å². The van der Waals surface area contributed by atoms with Crippen molar-refractivity contribution in [2.75, 3.05) is 0 Å². The van der Waals surface area contributed by atoms with Crippen LogP contribution in [0.15, 0.2) is 28.7 Å². The van der Waals surface area contributed by atoms with Gasteiger partial charge in [0.15, 0.2) is 0 Å². The fourth-order valence-corrected chi connectivity index (χ4v) is 5.14. The molecule has 2 atom stereocenters. The van der Waals surface area contributed by atoms with Crippen molar-refractivity contribution in [2.45, 2.75) is 56.5 Å². The third kappa shape index (κ3) is 2.96. The first-order valence-corrected chi connectivity index (χ1v) is 9.70. The van der Waals surface area contributed by atoms with Crippen LogP contribution in [-0.2, 0) is 10.3 Å². The zero-order valence-corrected chi connectivity index (χ0v) is 15.0. The Bertz CT molecular complexity index is 599. The summed E-state index contributed by atoms with van der Waals surface area (Å²) in [4.78, 5) is 12.9. The number of hydrogen-bond donors (Lipinski definition) is 2. The van der Waals surface area contributed by atoms with Gasteiger partial charge < -0.3 is 11.1 Å². The van der Waals surface area contributed by atoms with Crippen molar-refractivity contribution < 1.29 is 4.79 Å². The number of nitrogens with one attached hydrogen (secondary N) is 1. The second kappa shape index (κ2) is 5.89. The third-order valence-electron chi connectivity index (χ3n) is 6.27. The highest BCUT2D eigenvalue weighted by Gasteiger charge is 2.48. The fraction of sp³-hybridized carbons (Fsp3) is 0.632. The maximum absolute atomic E-state index is 12.9. The molecular weight excluding hydrogens is 352 g/mol. The molecule has 1 aromatic rings. The van der Waals surface area contributed by atoms with Crippen molar-refractivity contribution in [2.24, 2.45) is 23.5 Å². The van der Waals surface area contributed by atoms with Gasteiger partial charge in [-0.3, -0.25) is 4.79 Å². The lowest BCUT2D eigenvalue weighted by Crippen LogP contribution is -2.50. The predicted molar refractivity (Wildman–Crippen MR) is 94.7 cm³/mol. The van der Waals surface area contributed by atoms with Gasteiger partial charge in [-0.25, -0.2) is 0 Å². The van der Waals surface area contributed by atoms with E-state index in [2.05, 4.69) is 39.4 Å². The Morgan fingerprint density at radius 1 is 1.22 bits per heavy atom. The van der Waals surface area contributed by atoms with Gasteiger partial charge in [0.2, 0.25) is 5.91 Å². The van der Waals surface area contributed by atoms with Crippen LogP contribution >= 0.6 is 15.9 Å². The molecule has 0 saturated heterocycles. The minimum absolute atomic E-state index is 0.116. The van der Waals surface area contributed by atoms with Crippen LogP contribution in [0.5, 0.6) is 0 Å². The monoisotopic (exact) mass is 376 g/mol. The van der Waals surface area contributed by atoms with Crippen LogP contribution in [0.25, 0.3) is 0 Å². The molecule has 4 rings (SSSR count). The van der Waals surface area contributed by atoms with Gasteiger partial charge in [-0.15, -0.1) is 0 Å². The maximum Gasteiger partial charge on any atom is 0.223 e. The SMILES string of the molecule is NC1C2CCCC1CC(C(=O)NC1(c3cccc(Br)c3)CC1)C2. The summed E-state index contributed by atoms with van der Waals surface area (Å²) >= 11 is 3.54. The lowest BCUT2D eigenvalue weighted by Gasteiger charge is -2.43. The lowest BCUT2D eigenvalue weighted by atomic mass is 9.65. The van der Waals surface area contributed by atoms with Crippen LogP contribution in [0, 0.1) is 17.8 Å². The number of amides is 1. The van der Waals surface area contributed by atoms with Gasteiger partial charge in [0.05, 0.1) is 5.54 Å². The van der Waals surface area contributed by atoms with E-state index in [0.29, 0.717) is 17.9 Å². The quantitative estimate of drug-likeness (QED) is 0.844. The number of carbonyl (C=O) groups excluding carboxylic acids is 1. The highest BCUT2D eigenvalue weighted by molar-refractivity contribution is 9.10. The van der Waals surface area contributed by atoms with Crippen molar-refractivity contribution in [3.8, 4) is 0 Å². The Kier molecular flexibility index (Phi) is 4.01. The number of hydrogen-bond acceptors (Lipinski definition) is 2. The van der Waals surface area contributed by atoms with E-state index in [1.807, 2.05) is 6.07 Å².